The van der Waals surface area contributed by atoms with Crippen LogP contribution in [0.3, 0.4) is 0 Å². The van der Waals surface area contributed by atoms with Crippen LogP contribution < -0.4 is 5.48 Å². The normalized spacial score (nSPS) is 23.9. The van der Waals surface area contributed by atoms with Crippen LogP contribution in [0.2, 0.25) is 0 Å². The molecule has 114 valence electrons. The van der Waals surface area contributed by atoms with Gasteiger partial charge < -0.3 is 0 Å². The maximum Gasteiger partial charge on any atom is 0.189 e. The van der Waals surface area contributed by atoms with Gasteiger partial charge in [0.15, 0.2) is 5.72 Å². The smallest absolute Gasteiger partial charge is 0.189 e. The Hall–Kier alpha value is -1.90. The summed E-state index contributed by atoms with van der Waals surface area (Å²) in [6.45, 7) is 2.83. The standard InChI is InChI=1S/C17H20N4O/c18-11-13-2-1-3-14(10-13)12-21-8-6-17(7-9-21)19-16(20-22-17)15-4-5-15/h1-3,10,15H,4-9,12H2,(H,19,20). The summed E-state index contributed by atoms with van der Waals surface area (Å²) in [7, 11) is 0. The van der Waals surface area contributed by atoms with Crippen molar-refractivity contribution in [1.82, 2.24) is 10.4 Å². The Morgan fingerprint density at radius 3 is 2.91 bits per heavy atom. The molecule has 1 spiro atoms. The minimum atomic E-state index is -0.330. The molecule has 22 heavy (non-hydrogen) atoms. The zero-order valence-electron chi connectivity index (χ0n) is 12.6. The largest absolute Gasteiger partial charge is 0.299 e. The molecule has 5 nitrogen and oxygen atoms in total. The Bertz CT molecular complexity index is 636. The van der Waals surface area contributed by atoms with Gasteiger partial charge in [-0.3, -0.25) is 10.4 Å². The quantitative estimate of drug-likeness (QED) is 0.929. The second-order valence-electron chi connectivity index (χ2n) is 6.51. The van der Waals surface area contributed by atoms with Crippen LogP contribution in [0.1, 0.15) is 36.8 Å². The van der Waals surface area contributed by atoms with Crippen molar-refractivity contribution in [3.63, 3.8) is 0 Å². The molecular formula is C17H20N4O. The first kappa shape index (κ1) is 13.7. The molecule has 0 radical (unpaired) electrons. The Labute approximate surface area is 130 Å². The Morgan fingerprint density at radius 2 is 2.18 bits per heavy atom. The molecule has 0 atom stereocenters. The lowest BCUT2D eigenvalue weighted by Gasteiger charge is -2.35. The van der Waals surface area contributed by atoms with E-state index in [1.54, 1.807) is 0 Å². The average Bonchev–Trinajstić information content (AvgIpc) is 3.33. The van der Waals surface area contributed by atoms with Crippen LogP contribution in [0.5, 0.6) is 0 Å². The van der Waals surface area contributed by atoms with Gasteiger partial charge in [-0.25, -0.2) is 9.83 Å². The number of aliphatic imine (C=N–C) groups is 1. The van der Waals surface area contributed by atoms with Crippen LogP contribution in [0.15, 0.2) is 29.3 Å². The number of amidine groups is 1. The highest BCUT2D eigenvalue weighted by atomic mass is 16.7. The summed E-state index contributed by atoms with van der Waals surface area (Å²) >= 11 is 0. The van der Waals surface area contributed by atoms with Crippen LogP contribution in [0, 0.1) is 17.2 Å². The molecule has 0 unspecified atom stereocenters. The van der Waals surface area contributed by atoms with Gasteiger partial charge in [-0.1, -0.05) is 12.1 Å². The van der Waals surface area contributed by atoms with E-state index >= 15 is 0 Å². The summed E-state index contributed by atoms with van der Waals surface area (Å²) in [5.41, 5.74) is 4.65. The fraction of sp³-hybridized carbons (Fsp3) is 0.529. The highest BCUT2D eigenvalue weighted by molar-refractivity contribution is 5.87. The second kappa shape index (κ2) is 5.38. The maximum absolute atomic E-state index is 8.98. The average molecular weight is 296 g/mol. The van der Waals surface area contributed by atoms with Crippen LogP contribution in [0.4, 0.5) is 0 Å². The topological polar surface area (TPSA) is 60.7 Å². The van der Waals surface area contributed by atoms with E-state index in [1.807, 2.05) is 18.2 Å². The van der Waals surface area contributed by atoms with Crippen molar-refractivity contribution >= 4 is 5.84 Å². The van der Waals surface area contributed by atoms with Gasteiger partial charge in [-0.15, -0.1) is 0 Å². The summed E-state index contributed by atoms with van der Waals surface area (Å²) in [5.74, 6) is 1.68. The van der Waals surface area contributed by atoms with Gasteiger partial charge in [0.05, 0.1) is 11.6 Å². The van der Waals surface area contributed by atoms with E-state index in [1.165, 1.54) is 18.4 Å². The van der Waals surface area contributed by atoms with Crippen molar-refractivity contribution in [2.24, 2.45) is 10.9 Å². The zero-order valence-corrected chi connectivity index (χ0v) is 12.6. The van der Waals surface area contributed by atoms with Gasteiger partial charge in [0.25, 0.3) is 0 Å². The number of hydrogen-bond acceptors (Lipinski definition) is 5. The molecule has 2 heterocycles. The summed E-state index contributed by atoms with van der Waals surface area (Å²) in [5, 5.41) is 8.98. The van der Waals surface area contributed by atoms with E-state index in [2.05, 4.69) is 22.5 Å². The molecule has 1 saturated heterocycles. The minimum Gasteiger partial charge on any atom is -0.299 e. The highest BCUT2D eigenvalue weighted by Crippen LogP contribution is 2.37. The molecule has 1 saturated carbocycles. The Balaban J connectivity index is 1.37. The molecule has 1 N–H and O–H groups in total. The molecule has 1 aliphatic carbocycles. The molecule has 3 aliphatic rings. The zero-order chi connectivity index (χ0) is 15.0. The number of rotatable bonds is 3. The van der Waals surface area contributed by atoms with Crippen molar-refractivity contribution in [2.45, 2.75) is 38.0 Å². The summed E-state index contributed by atoms with van der Waals surface area (Å²) in [6, 6.07) is 10.1. The van der Waals surface area contributed by atoms with E-state index in [9.17, 15) is 0 Å². The number of piperidine rings is 1. The first-order valence-corrected chi connectivity index (χ1v) is 8.01. The van der Waals surface area contributed by atoms with E-state index < -0.39 is 0 Å². The van der Waals surface area contributed by atoms with Crippen molar-refractivity contribution in [2.75, 3.05) is 13.1 Å². The van der Waals surface area contributed by atoms with Crippen molar-refractivity contribution in [3.8, 4) is 6.07 Å². The summed E-state index contributed by atoms with van der Waals surface area (Å²) in [4.78, 5) is 13.0. The molecular weight excluding hydrogens is 276 g/mol. The van der Waals surface area contributed by atoms with Crippen molar-refractivity contribution in [1.29, 1.82) is 5.26 Å². The van der Waals surface area contributed by atoms with Gasteiger partial charge in [-0.2, -0.15) is 5.26 Å². The molecule has 5 heteroatoms. The predicted octanol–water partition coefficient (Wildman–Crippen LogP) is 2.19. The third-order valence-electron chi connectivity index (χ3n) is 4.73. The number of likely N-dealkylation sites (tertiary alicyclic amines) is 1. The van der Waals surface area contributed by atoms with Gasteiger partial charge in [0.1, 0.15) is 5.84 Å². The molecule has 0 aromatic heterocycles. The number of hydroxylamine groups is 1. The summed E-state index contributed by atoms with van der Waals surface area (Å²) < 4.78 is 0. The van der Waals surface area contributed by atoms with Crippen LogP contribution >= 0.6 is 0 Å². The fourth-order valence-corrected chi connectivity index (χ4v) is 3.22. The first-order chi connectivity index (χ1) is 10.8. The molecule has 1 aromatic carbocycles. The van der Waals surface area contributed by atoms with Gasteiger partial charge in [0, 0.05) is 38.4 Å². The lowest BCUT2D eigenvalue weighted by Crippen LogP contribution is -2.44. The summed E-state index contributed by atoms with van der Waals surface area (Å²) in [6.07, 6.45) is 4.33. The van der Waals surface area contributed by atoms with Crippen LogP contribution in [0.25, 0.3) is 0 Å². The van der Waals surface area contributed by atoms with Crippen LogP contribution in [-0.2, 0) is 11.4 Å². The Morgan fingerprint density at radius 1 is 1.36 bits per heavy atom. The fourth-order valence-electron chi connectivity index (χ4n) is 3.22. The lowest BCUT2D eigenvalue weighted by atomic mass is 10.0. The highest BCUT2D eigenvalue weighted by Gasteiger charge is 2.43. The molecule has 2 aliphatic heterocycles. The van der Waals surface area contributed by atoms with Crippen molar-refractivity contribution < 1.29 is 4.84 Å². The molecule has 2 fully saturated rings. The third kappa shape index (κ3) is 2.72. The number of hydrogen-bond donors (Lipinski definition) is 1. The monoisotopic (exact) mass is 296 g/mol. The predicted molar refractivity (Wildman–Crippen MR) is 82.8 cm³/mol. The van der Waals surface area contributed by atoms with E-state index in [0.717, 1.165) is 43.9 Å². The minimum absolute atomic E-state index is 0.330. The number of benzene rings is 1. The maximum atomic E-state index is 8.98. The molecule has 1 aromatic rings. The van der Waals surface area contributed by atoms with Gasteiger partial charge in [-0.05, 0) is 30.5 Å². The second-order valence-corrected chi connectivity index (χ2v) is 6.51. The van der Waals surface area contributed by atoms with Gasteiger partial charge in [0.2, 0.25) is 0 Å². The first-order valence-electron chi connectivity index (χ1n) is 8.01. The van der Waals surface area contributed by atoms with Crippen molar-refractivity contribution in [3.05, 3.63) is 35.4 Å². The number of nitrogens with zero attached hydrogens (tertiary/aromatic N) is 3. The molecule has 0 bridgehead atoms. The van der Waals surface area contributed by atoms with Crippen LogP contribution in [-0.4, -0.2) is 29.6 Å². The van der Waals surface area contributed by atoms with E-state index in [0.29, 0.717) is 5.92 Å². The van der Waals surface area contributed by atoms with E-state index in [-0.39, 0.29) is 5.72 Å². The lowest BCUT2D eigenvalue weighted by molar-refractivity contribution is -0.0904. The SMILES string of the molecule is N#Cc1cccc(CN2CCC3(CC2)N=C(C2CC2)NO3)c1. The molecule has 0 amide bonds. The van der Waals surface area contributed by atoms with E-state index in [4.69, 9.17) is 15.1 Å². The molecule has 4 rings (SSSR count). The number of nitrogens with one attached hydrogen (secondary N) is 1. The van der Waals surface area contributed by atoms with Gasteiger partial charge >= 0.3 is 0 Å². The third-order valence-corrected chi connectivity index (χ3v) is 4.73. The Kier molecular flexibility index (Phi) is 3.36. The number of nitriles is 1.